The van der Waals surface area contributed by atoms with Crippen molar-refractivity contribution in [2.45, 2.75) is 51.1 Å². The molecule has 2 saturated heterocycles. The number of pyridine rings is 2. The van der Waals surface area contributed by atoms with Gasteiger partial charge >= 0.3 is 6.03 Å². The van der Waals surface area contributed by atoms with Crippen LogP contribution in [0.4, 0.5) is 16.3 Å². The molecule has 2 aromatic carbocycles. The molecule has 0 unspecified atom stereocenters. The third-order valence-corrected chi connectivity index (χ3v) is 11.7. The van der Waals surface area contributed by atoms with Crippen molar-refractivity contribution in [3.05, 3.63) is 92.5 Å². The number of aliphatic hydroxyl groups excluding tert-OH is 1. The number of methoxy groups -OCH3 is 1. The highest BCUT2D eigenvalue weighted by Crippen LogP contribution is 2.47. The summed E-state index contributed by atoms with van der Waals surface area (Å²) in [4.78, 5) is 39.8. The third kappa shape index (κ3) is 6.18. The van der Waals surface area contributed by atoms with Crippen LogP contribution in [-0.4, -0.2) is 86.1 Å². The number of β-amino-alcohol motifs (C(OH)–C–C–N with tert-alkyl or cyclic N) is 1. The number of hydrogen-bond acceptors (Lipinski definition) is 9. The molecule has 1 spiro atoms. The van der Waals surface area contributed by atoms with Crippen molar-refractivity contribution < 1.29 is 14.6 Å². The van der Waals surface area contributed by atoms with Crippen molar-refractivity contribution in [3.63, 3.8) is 0 Å². The predicted octanol–water partition coefficient (Wildman–Crippen LogP) is 5.92. The largest absolute Gasteiger partial charge is 0.481 e. The van der Waals surface area contributed by atoms with E-state index >= 15 is 0 Å². The molecule has 2 atom stereocenters. The zero-order valence-electron chi connectivity index (χ0n) is 30.4. The van der Waals surface area contributed by atoms with Crippen LogP contribution in [0.25, 0.3) is 33.2 Å². The maximum absolute atomic E-state index is 13.1. The van der Waals surface area contributed by atoms with Crippen LogP contribution in [0.15, 0.2) is 59.5 Å². The first-order chi connectivity index (χ1) is 25.6. The number of aromatic nitrogens is 4. The standard InChI is InChI=1S/C40H43ClN8O4/c1-23-19-26-21-42-47(3)38(51)34(26)36(43-23)44-30-10-6-7-27(24(30)2)28-8-5-9-29(35(28)41)31-20-25-11-12-32(33(25)37(45-31)53-4)49-16-14-40(22-49)13-15-48(17-18-50)39(52)46-40/h5-10,19-21,32,50H,11-18,22H2,1-4H3,(H,43,44)(H,46,52)/t32-,40-/m0/s1. The van der Waals surface area contributed by atoms with Crippen molar-refractivity contribution >= 4 is 39.9 Å². The summed E-state index contributed by atoms with van der Waals surface area (Å²) >= 11 is 7.28. The Morgan fingerprint density at radius 1 is 1.06 bits per heavy atom. The molecule has 2 amide bonds. The number of likely N-dealkylation sites (tertiary alicyclic amines) is 1. The number of urea groups is 1. The molecule has 3 aliphatic rings. The summed E-state index contributed by atoms with van der Waals surface area (Å²) in [5.41, 5.74) is 7.73. The van der Waals surface area contributed by atoms with E-state index in [9.17, 15) is 14.7 Å². The van der Waals surface area contributed by atoms with Crippen molar-refractivity contribution in [2.75, 3.05) is 45.2 Å². The van der Waals surface area contributed by atoms with E-state index in [0.717, 1.165) is 89.1 Å². The van der Waals surface area contributed by atoms with E-state index in [2.05, 4.69) is 26.7 Å². The quantitative estimate of drug-likeness (QED) is 0.178. The molecule has 12 nitrogen and oxygen atoms in total. The summed E-state index contributed by atoms with van der Waals surface area (Å²) in [5, 5.41) is 22.0. The van der Waals surface area contributed by atoms with Gasteiger partial charge in [-0.2, -0.15) is 5.10 Å². The third-order valence-electron chi connectivity index (χ3n) is 11.2. The van der Waals surface area contributed by atoms with Crippen LogP contribution in [0.5, 0.6) is 5.88 Å². The number of hydrogen-bond donors (Lipinski definition) is 3. The lowest BCUT2D eigenvalue weighted by atomic mass is 9.92. The number of benzene rings is 2. The summed E-state index contributed by atoms with van der Waals surface area (Å²) in [5.74, 6) is 1.08. The Bertz CT molecular complexity index is 2330. The molecule has 53 heavy (non-hydrogen) atoms. The van der Waals surface area contributed by atoms with Gasteiger partial charge in [0.05, 0.1) is 41.6 Å². The lowest BCUT2D eigenvalue weighted by Gasteiger charge is -2.40. The fourth-order valence-corrected chi connectivity index (χ4v) is 8.80. The number of rotatable bonds is 8. The summed E-state index contributed by atoms with van der Waals surface area (Å²) in [6, 6.07) is 16.0. The topological polar surface area (TPSA) is 138 Å². The van der Waals surface area contributed by atoms with Crippen molar-refractivity contribution in [1.29, 1.82) is 0 Å². The lowest BCUT2D eigenvalue weighted by Crippen LogP contribution is -2.61. The Kier molecular flexibility index (Phi) is 9.08. The summed E-state index contributed by atoms with van der Waals surface area (Å²) < 4.78 is 7.30. The fraction of sp³-hybridized carbons (Fsp3) is 0.375. The van der Waals surface area contributed by atoms with Crippen LogP contribution in [0.3, 0.4) is 0 Å². The molecule has 3 aromatic heterocycles. The molecule has 5 aromatic rings. The van der Waals surface area contributed by atoms with Crippen molar-refractivity contribution in [2.24, 2.45) is 7.05 Å². The molecule has 8 rings (SSSR count). The first-order valence-corrected chi connectivity index (χ1v) is 18.5. The lowest BCUT2D eigenvalue weighted by molar-refractivity contribution is 0.127. The summed E-state index contributed by atoms with van der Waals surface area (Å²) in [6.07, 6.45) is 5.25. The average molecular weight is 735 g/mol. The maximum atomic E-state index is 13.1. The van der Waals surface area contributed by atoms with Gasteiger partial charge < -0.3 is 25.4 Å². The Hall–Kier alpha value is -5.04. The van der Waals surface area contributed by atoms with E-state index in [1.54, 1.807) is 25.3 Å². The Balaban J connectivity index is 1.09. The Labute approximate surface area is 312 Å². The second kappa shape index (κ2) is 13.7. The van der Waals surface area contributed by atoms with E-state index in [0.29, 0.717) is 35.2 Å². The highest BCUT2D eigenvalue weighted by molar-refractivity contribution is 6.36. The predicted molar refractivity (Wildman–Crippen MR) is 206 cm³/mol. The van der Waals surface area contributed by atoms with E-state index < -0.39 is 0 Å². The molecule has 1 aliphatic carbocycles. The maximum Gasteiger partial charge on any atom is 0.317 e. The van der Waals surface area contributed by atoms with Crippen LogP contribution in [0, 0.1) is 13.8 Å². The molecule has 0 bridgehead atoms. The molecule has 274 valence electrons. The molecular weight excluding hydrogens is 692 g/mol. The SMILES string of the molecule is COc1nc(-c2cccc(-c3cccc(Nc4nc(C)cc5cnn(C)c(=O)c45)c3C)c2Cl)cc2c1[C@@H](N1CC[C@@]3(CCN(CCO)C(=O)N3)C1)CC2. The summed E-state index contributed by atoms with van der Waals surface area (Å²) in [6.45, 7) is 6.54. The number of carbonyl (C=O) groups excluding carboxylic acids is 1. The molecule has 13 heteroatoms. The Morgan fingerprint density at radius 2 is 1.83 bits per heavy atom. The molecule has 0 radical (unpaired) electrons. The number of ether oxygens (including phenoxy) is 1. The average Bonchev–Trinajstić information content (AvgIpc) is 3.76. The minimum atomic E-state index is -0.260. The van der Waals surface area contributed by atoms with Crippen LogP contribution in [0.1, 0.15) is 47.7 Å². The zero-order chi connectivity index (χ0) is 37.0. The molecule has 0 saturated carbocycles. The van der Waals surface area contributed by atoms with E-state index in [1.807, 2.05) is 56.3 Å². The number of aryl methyl sites for hydroxylation is 3. The fourth-order valence-electron chi connectivity index (χ4n) is 8.48. The van der Waals surface area contributed by atoms with Crippen molar-refractivity contribution in [3.8, 4) is 28.3 Å². The normalized spacial score (nSPS) is 19.9. The van der Waals surface area contributed by atoms with Crippen molar-refractivity contribution in [1.82, 2.24) is 34.9 Å². The van der Waals surface area contributed by atoms with Crippen LogP contribution < -0.4 is 20.9 Å². The smallest absolute Gasteiger partial charge is 0.317 e. The monoisotopic (exact) mass is 734 g/mol. The highest BCUT2D eigenvalue weighted by atomic mass is 35.5. The number of fused-ring (bicyclic) bond motifs is 2. The van der Waals surface area contributed by atoms with Gasteiger partial charge in [0.15, 0.2) is 0 Å². The number of halogens is 1. The number of nitrogens with zero attached hydrogens (tertiary/aromatic N) is 6. The number of aliphatic hydroxyl groups is 1. The molecule has 2 fully saturated rings. The van der Waals surface area contributed by atoms with Gasteiger partial charge in [0.1, 0.15) is 5.82 Å². The molecule has 2 aliphatic heterocycles. The van der Waals surface area contributed by atoms with Gasteiger partial charge in [-0.3, -0.25) is 9.69 Å². The van der Waals surface area contributed by atoms with E-state index in [4.69, 9.17) is 26.3 Å². The molecule has 3 N–H and O–H groups in total. The van der Waals surface area contributed by atoms with Crippen LogP contribution in [-0.2, 0) is 13.5 Å². The minimum absolute atomic E-state index is 0.0349. The zero-order valence-corrected chi connectivity index (χ0v) is 31.1. The van der Waals surface area contributed by atoms with Crippen LogP contribution >= 0.6 is 11.6 Å². The number of amides is 2. The first-order valence-electron chi connectivity index (χ1n) is 18.1. The van der Waals surface area contributed by atoms with Gasteiger partial charge in [0.25, 0.3) is 5.56 Å². The Morgan fingerprint density at radius 3 is 2.62 bits per heavy atom. The van der Waals surface area contributed by atoms with Gasteiger partial charge in [0, 0.05) is 72.7 Å². The van der Waals surface area contributed by atoms with Gasteiger partial charge in [-0.15, -0.1) is 0 Å². The number of nitrogens with one attached hydrogen (secondary N) is 2. The van der Waals surface area contributed by atoms with Gasteiger partial charge in [-0.1, -0.05) is 41.9 Å². The minimum Gasteiger partial charge on any atom is -0.481 e. The number of carbonyl (C=O) groups is 1. The van der Waals surface area contributed by atoms with E-state index in [-0.39, 0.29) is 29.8 Å². The first kappa shape index (κ1) is 35.0. The van der Waals surface area contributed by atoms with Crippen LogP contribution in [0.2, 0.25) is 5.02 Å². The molecule has 5 heterocycles. The van der Waals surface area contributed by atoms with Gasteiger partial charge in [0.2, 0.25) is 5.88 Å². The highest BCUT2D eigenvalue weighted by Gasteiger charge is 2.46. The van der Waals surface area contributed by atoms with Gasteiger partial charge in [-0.05, 0) is 74.4 Å². The van der Waals surface area contributed by atoms with Gasteiger partial charge in [-0.25, -0.2) is 19.4 Å². The van der Waals surface area contributed by atoms with E-state index in [1.165, 1.54) is 10.2 Å². The molecular formula is C40H43ClN8O4. The summed E-state index contributed by atoms with van der Waals surface area (Å²) in [7, 11) is 3.30. The number of anilines is 2. The second-order valence-corrected chi connectivity index (χ2v) is 14.8. The second-order valence-electron chi connectivity index (χ2n) is 14.5.